The summed E-state index contributed by atoms with van der Waals surface area (Å²) < 4.78 is 10.1. The molecule has 3 atom stereocenters. The van der Waals surface area contributed by atoms with E-state index in [1.165, 1.54) is 24.5 Å². The highest BCUT2D eigenvalue weighted by Gasteiger charge is 2.48. The van der Waals surface area contributed by atoms with Crippen LogP contribution in [0.1, 0.15) is 40.5 Å². The predicted molar refractivity (Wildman–Crippen MR) is 101 cm³/mol. The standard InChI is InChI=1S/C21H25N3O4/c1-13-6-4-5-7-16(13)20-17-10-23(8-15(17)9-24(20)14(2)25)11-19-22-18(12-28-19)21(26)27-3/h4-7,12,15,17,20H,8-11H2,1-3H3/t15-,17-,20-/m1/s1. The van der Waals surface area contributed by atoms with Gasteiger partial charge in [0.25, 0.3) is 0 Å². The Balaban J connectivity index is 1.52. The number of carbonyl (C=O) groups excluding carboxylic acids is 2. The normalized spacial score (nSPS) is 24.4. The zero-order valence-electron chi connectivity index (χ0n) is 16.4. The number of aromatic nitrogens is 1. The van der Waals surface area contributed by atoms with Gasteiger partial charge in [0.15, 0.2) is 5.69 Å². The first-order chi connectivity index (χ1) is 13.5. The molecule has 1 amide bonds. The lowest BCUT2D eigenvalue weighted by atomic mass is 9.87. The highest BCUT2D eigenvalue weighted by atomic mass is 16.5. The lowest BCUT2D eigenvalue weighted by molar-refractivity contribution is -0.130. The SMILES string of the molecule is COC(=O)c1coc(CN2C[C@@H]3CN(C(C)=O)[C@H](c4ccccc4C)[C@@H]3C2)n1. The molecule has 2 aliphatic rings. The molecule has 28 heavy (non-hydrogen) atoms. The molecule has 2 aromatic rings. The number of amides is 1. The maximum atomic E-state index is 12.3. The quantitative estimate of drug-likeness (QED) is 0.755. The summed E-state index contributed by atoms with van der Waals surface area (Å²) in [5, 5.41) is 0. The van der Waals surface area contributed by atoms with Crippen LogP contribution in [0.5, 0.6) is 0 Å². The molecule has 1 aromatic heterocycles. The number of likely N-dealkylation sites (tertiary alicyclic amines) is 2. The molecule has 7 nitrogen and oxygen atoms in total. The summed E-state index contributed by atoms with van der Waals surface area (Å²) >= 11 is 0. The van der Waals surface area contributed by atoms with Crippen molar-refractivity contribution in [2.75, 3.05) is 26.7 Å². The van der Waals surface area contributed by atoms with Crippen LogP contribution < -0.4 is 0 Å². The van der Waals surface area contributed by atoms with Crippen LogP contribution in [0.15, 0.2) is 34.9 Å². The van der Waals surface area contributed by atoms with E-state index < -0.39 is 5.97 Å². The minimum atomic E-state index is -0.495. The Morgan fingerprint density at radius 2 is 2.04 bits per heavy atom. The number of hydrogen-bond donors (Lipinski definition) is 0. The van der Waals surface area contributed by atoms with Gasteiger partial charge in [-0.05, 0) is 24.0 Å². The second-order valence-corrected chi connectivity index (χ2v) is 7.71. The van der Waals surface area contributed by atoms with Crippen molar-refractivity contribution in [2.24, 2.45) is 11.8 Å². The van der Waals surface area contributed by atoms with Crippen molar-refractivity contribution < 1.29 is 18.7 Å². The molecule has 0 radical (unpaired) electrons. The van der Waals surface area contributed by atoms with Gasteiger partial charge in [-0.15, -0.1) is 0 Å². The summed E-state index contributed by atoms with van der Waals surface area (Å²) in [6, 6.07) is 8.42. The van der Waals surface area contributed by atoms with Crippen molar-refractivity contribution in [3.8, 4) is 0 Å². The van der Waals surface area contributed by atoms with Gasteiger partial charge in [-0.25, -0.2) is 9.78 Å². The third kappa shape index (κ3) is 3.30. The number of esters is 1. The number of oxazole rings is 1. The van der Waals surface area contributed by atoms with Crippen LogP contribution in [-0.4, -0.2) is 53.4 Å². The number of carbonyl (C=O) groups is 2. The molecule has 7 heteroatoms. The smallest absolute Gasteiger partial charge is 0.360 e. The molecule has 2 fully saturated rings. The summed E-state index contributed by atoms with van der Waals surface area (Å²) in [6.45, 7) is 6.83. The molecule has 0 N–H and O–H groups in total. The highest BCUT2D eigenvalue weighted by molar-refractivity contribution is 5.86. The van der Waals surface area contributed by atoms with Gasteiger partial charge in [0, 0.05) is 32.5 Å². The van der Waals surface area contributed by atoms with Crippen molar-refractivity contribution in [2.45, 2.75) is 26.4 Å². The molecular weight excluding hydrogens is 358 g/mol. The molecule has 2 saturated heterocycles. The number of ether oxygens (including phenoxy) is 1. The summed E-state index contributed by atoms with van der Waals surface area (Å²) in [4.78, 5) is 32.4. The van der Waals surface area contributed by atoms with Crippen LogP contribution in [0.4, 0.5) is 0 Å². The Hall–Kier alpha value is -2.67. The summed E-state index contributed by atoms with van der Waals surface area (Å²) in [6.07, 6.45) is 1.34. The van der Waals surface area contributed by atoms with E-state index in [2.05, 4.69) is 33.7 Å². The average Bonchev–Trinajstić information content (AvgIpc) is 3.36. The molecule has 3 heterocycles. The van der Waals surface area contributed by atoms with Crippen molar-refractivity contribution in [3.05, 3.63) is 53.2 Å². The van der Waals surface area contributed by atoms with Crippen molar-refractivity contribution in [1.82, 2.24) is 14.8 Å². The van der Waals surface area contributed by atoms with E-state index in [0.717, 1.165) is 19.6 Å². The monoisotopic (exact) mass is 383 g/mol. The summed E-state index contributed by atoms with van der Waals surface area (Å²) in [5.41, 5.74) is 2.64. The van der Waals surface area contributed by atoms with Gasteiger partial charge in [0.2, 0.25) is 11.8 Å². The van der Waals surface area contributed by atoms with E-state index in [0.29, 0.717) is 24.3 Å². The molecule has 1 aromatic carbocycles. The van der Waals surface area contributed by atoms with E-state index in [1.54, 1.807) is 6.92 Å². The van der Waals surface area contributed by atoms with E-state index in [4.69, 9.17) is 4.42 Å². The Kier molecular flexibility index (Phi) is 4.93. The molecule has 2 aliphatic heterocycles. The molecule has 148 valence electrons. The topological polar surface area (TPSA) is 75.9 Å². The van der Waals surface area contributed by atoms with Gasteiger partial charge in [0.05, 0.1) is 19.7 Å². The molecule has 0 spiro atoms. The Morgan fingerprint density at radius 3 is 2.75 bits per heavy atom. The lowest BCUT2D eigenvalue weighted by Gasteiger charge is -2.30. The average molecular weight is 383 g/mol. The van der Waals surface area contributed by atoms with Gasteiger partial charge >= 0.3 is 5.97 Å². The van der Waals surface area contributed by atoms with Gasteiger partial charge in [-0.1, -0.05) is 24.3 Å². The summed E-state index contributed by atoms with van der Waals surface area (Å²) in [5.74, 6) is 0.939. The van der Waals surface area contributed by atoms with Crippen LogP contribution in [0.3, 0.4) is 0 Å². The first-order valence-electron chi connectivity index (χ1n) is 9.55. The highest BCUT2D eigenvalue weighted by Crippen LogP contribution is 2.45. The van der Waals surface area contributed by atoms with Crippen LogP contribution in [-0.2, 0) is 16.1 Å². The second kappa shape index (κ2) is 7.39. The Morgan fingerprint density at radius 1 is 1.25 bits per heavy atom. The van der Waals surface area contributed by atoms with Crippen LogP contribution in [0.25, 0.3) is 0 Å². The fourth-order valence-electron chi connectivity index (χ4n) is 4.68. The van der Waals surface area contributed by atoms with Crippen LogP contribution >= 0.6 is 0 Å². The third-order valence-electron chi connectivity index (χ3n) is 5.96. The molecule has 0 saturated carbocycles. The predicted octanol–water partition coefficient (Wildman–Crippen LogP) is 2.42. The second-order valence-electron chi connectivity index (χ2n) is 7.71. The Bertz CT molecular complexity index is 893. The molecule has 0 aliphatic carbocycles. The van der Waals surface area contributed by atoms with Crippen molar-refractivity contribution >= 4 is 11.9 Å². The summed E-state index contributed by atoms with van der Waals surface area (Å²) in [7, 11) is 1.32. The maximum absolute atomic E-state index is 12.3. The first-order valence-corrected chi connectivity index (χ1v) is 9.55. The van der Waals surface area contributed by atoms with E-state index in [-0.39, 0.29) is 17.6 Å². The number of nitrogens with zero attached hydrogens (tertiary/aromatic N) is 3. The Labute approximate surface area is 164 Å². The number of fused-ring (bicyclic) bond motifs is 1. The van der Waals surface area contributed by atoms with Crippen LogP contribution in [0.2, 0.25) is 0 Å². The molecular formula is C21H25N3O4. The zero-order valence-corrected chi connectivity index (χ0v) is 16.4. The van der Waals surface area contributed by atoms with Gasteiger partial charge < -0.3 is 14.1 Å². The van der Waals surface area contributed by atoms with E-state index in [1.807, 2.05) is 17.0 Å². The van der Waals surface area contributed by atoms with Crippen LogP contribution in [0, 0.1) is 18.8 Å². The minimum absolute atomic E-state index is 0.101. The van der Waals surface area contributed by atoms with Crippen molar-refractivity contribution in [3.63, 3.8) is 0 Å². The zero-order chi connectivity index (χ0) is 19.8. The van der Waals surface area contributed by atoms with Gasteiger partial charge in [0.1, 0.15) is 6.26 Å². The number of methoxy groups -OCH3 is 1. The van der Waals surface area contributed by atoms with Gasteiger partial charge in [-0.2, -0.15) is 0 Å². The third-order valence-corrected chi connectivity index (χ3v) is 5.96. The van der Waals surface area contributed by atoms with E-state index in [9.17, 15) is 9.59 Å². The molecule has 4 rings (SSSR count). The van der Waals surface area contributed by atoms with Gasteiger partial charge in [-0.3, -0.25) is 9.69 Å². The number of aryl methyl sites for hydroxylation is 1. The number of rotatable bonds is 4. The molecule has 0 bridgehead atoms. The minimum Gasteiger partial charge on any atom is -0.464 e. The lowest BCUT2D eigenvalue weighted by Crippen LogP contribution is -2.34. The largest absolute Gasteiger partial charge is 0.464 e. The molecule has 0 unspecified atom stereocenters. The first kappa shape index (κ1) is 18.7. The maximum Gasteiger partial charge on any atom is 0.360 e. The fraction of sp³-hybridized carbons (Fsp3) is 0.476. The fourth-order valence-corrected chi connectivity index (χ4v) is 4.68. The number of benzene rings is 1. The van der Waals surface area contributed by atoms with E-state index >= 15 is 0 Å². The van der Waals surface area contributed by atoms with Crippen molar-refractivity contribution in [1.29, 1.82) is 0 Å². The number of hydrogen-bond acceptors (Lipinski definition) is 6.